The molecule has 0 atom stereocenters. The molecule has 0 bridgehead atoms. The molecule has 134 valence electrons. The highest BCUT2D eigenvalue weighted by atomic mass is 35.5. The fourth-order valence-corrected chi connectivity index (χ4v) is 4.71. The Labute approximate surface area is 167 Å². The minimum Gasteiger partial charge on any atom is -0.497 e. The summed E-state index contributed by atoms with van der Waals surface area (Å²) in [5.41, 5.74) is 2.93. The molecule has 0 aliphatic carbocycles. The van der Waals surface area contributed by atoms with E-state index in [1.807, 2.05) is 52.4 Å². The van der Waals surface area contributed by atoms with Crippen LogP contribution in [0.4, 0.5) is 11.1 Å². The molecular weight excluding hydrogens is 402 g/mol. The van der Waals surface area contributed by atoms with E-state index in [9.17, 15) is 0 Å². The van der Waals surface area contributed by atoms with Gasteiger partial charge in [-0.3, -0.25) is 5.32 Å². The number of rotatable bonds is 4. The van der Waals surface area contributed by atoms with E-state index in [0.717, 1.165) is 37.3 Å². The zero-order chi connectivity index (χ0) is 18.4. The van der Waals surface area contributed by atoms with Crippen LogP contribution in [0.3, 0.4) is 0 Å². The van der Waals surface area contributed by atoms with Crippen molar-refractivity contribution in [1.29, 1.82) is 0 Å². The predicted octanol–water partition coefficient (Wildman–Crippen LogP) is 5.47. The van der Waals surface area contributed by atoms with Crippen molar-refractivity contribution in [2.45, 2.75) is 0 Å². The number of anilines is 2. The normalized spacial score (nSPS) is 11.3. The van der Waals surface area contributed by atoms with Crippen LogP contribution in [0.5, 0.6) is 5.75 Å². The van der Waals surface area contributed by atoms with Gasteiger partial charge in [0.25, 0.3) is 0 Å². The van der Waals surface area contributed by atoms with Gasteiger partial charge in [-0.25, -0.2) is 9.50 Å². The number of fused-ring (bicyclic) bond motifs is 2. The van der Waals surface area contributed by atoms with E-state index in [-0.39, 0.29) is 0 Å². The van der Waals surface area contributed by atoms with E-state index in [2.05, 4.69) is 20.4 Å². The summed E-state index contributed by atoms with van der Waals surface area (Å²) in [6.45, 7) is 0. The molecule has 0 saturated carbocycles. The van der Waals surface area contributed by atoms with E-state index in [1.54, 1.807) is 18.4 Å². The molecule has 0 spiro atoms. The van der Waals surface area contributed by atoms with Gasteiger partial charge in [-0.1, -0.05) is 22.9 Å². The summed E-state index contributed by atoms with van der Waals surface area (Å²) >= 11 is 9.10. The van der Waals surface area contributed by atoms with E-state index < -0.39 is 0 Å². The lowest BCUT2D eigenvalue weighted by atomic mass is 10.2. The average Bonchev–Trinajstić information content (AvgIpc) is 3.35. The number of methoxy groups -OCH3 is 1. The lowest BCUT2D eigenvalue weighted by Gasteiger charge is -2.01. The van der Waals surface area contributed by atoms with E-state index in [4.69, 9.17) is 16.3 Å². The lowest BCUT2D eigenvalue weighted by Crippen LogP contribution is -1.93. The van der Waals surface area contributed by atoms with E-state index in [0.29, 0.717) is 11.0 Å². The van der Waals surface area contributed by atoms with Gasteiger partial charge in [0, 0.05) is 16.0 Å². The smallest absolute Gasteiger partial charge is 0.250 e. The Morgan fingerprint density at radius 3 is 2.78 bits per heavy atom. The quantitative estimate of drug-likeness (QED) is 0.423. The third kappa shape index (κ3) is 3.01. The molecule has 5 aromatic rings. The first-order valence-corrected chi connectivity index (χ1v) is 10.1. The highest BCUT2D eigenvalue weighted by molar-refractivity contribution is 7.22. The third-order valence-corrected chi connectivity index (χ3v) is 6.02. The molecule has 5 rings (SSSR count). The summed E-state index contributed by atoms with van der Waals surface area (Å²) in [6.07, 6.45) is 0. The molecular formula is C18H12ClN5OS2. The first kappa shape index (κ1) is 16.5. The van der Waals surface area contributed by atoms with Crippen LogP contribution in [0, 0.1) is 0 Å². The van der Waals surface area contributed by atoms with Crippen molar-refractivity contribution >= 4 is 60.5 Å². The predicted molar refractivity (Wildman–Crippen MR) is 111 cm³/mol. The van der Waals surface area contributed by atoms with Crippen molar-refractivity contribution in [3.8, 4) is 17.0 Å². The zero-order valence-electron chi connectivity index (χ0n) is 14.0. The standard InChI is InChI=1S/C18H12ClN5OS2/c1-25-12-5-2-10(3-6-12)14-9-26-18-22-16(23-24(14)18)21-17-20-13-7-4-11(19)8-15(13)27-17/h2-9H,1H3,(H,20,21,23). The fourth-order valence-electron chi connectivity index (χ4n) is 2.74. The molecule has 27 heavy (non-hydrogen) atoms. The highest BCUT2D eigenvalue weighted by Gasteiger charge is 2.13. The summed E-state index contributed by atoms with van der Waals surface area (Å²) in [6, 6.07) is 13.5. The van der Waals surface area contributed by atoms with Crippen molar-refractivity contribution in [1.82, 2.24) is 19.6 Å². The van der Waals surface area contributed by atoms with Gasteiger partial charge >= 0.3 is 0 Å². The van der Waals surface area contributed by atoms with Crippen molar-refractivity contribution < 1.29 is 4.74 Å². The van der Waals surface area contributed by atoms with Gasteiger partial charge in [0.15, 0.2) is 5.13 Å². The zero-order valence-corrected chi connectivity index (χ0v) is 16.4. The van der Waals surface area contributed by atoms with Crippen molar-refractivity contribution in [2.24, 2.45) is 0 Å². The van der Waals surface area contributed by atoms with Crippen molar-refractivity contribution in [3.05, 3.63) is 52.9 Å². The molecule has 6 nitrogen and oxygen atoms in total. The number of ether oxygens (including phenoxy) is 1. The molecule has 1 N–H and O–H groups in total. The second-order valence-electron chi connectivity index (χ2n) is 5.74. The monoisotopic (exact) mass is 413 g/mol. The number of benzene rings is 2. The van der Waals surface area contributed by atoms with Crippen LogP contribution >= 0.6 is 34.3 Å². The van der Waals surface area contributed by atoms with Crippen LogP contribution in [0.1, 0.15) is 0 Å². The Balaban J connectivity index is 1.48. The first-order chi connectivity index (χ1) is 13.2. The Morgan fingerprint density at radius 2 is 1.96 bits per heavy atom. The number of nitrogens with zero attached hydrogens (tertiary/aromatic N) is 4. The summed E-state index contributed by atoms with van der Waals surface area (Å²) in [7, 11) is 1.66. The third-order valence-electron chi connectivity index (χ3n) is 4.04. The van der Waals surface area contributed by atoms with Gasteiger partial charge in [0.1, 0.15) is 5.75 Å². The molecule has 0 radical (unpaired) electrons. The minimum absolute atomic E-state index is 0.516. The summed E-state index contributed by atoms with van der Waals surface area (Å²) in [5, 5.41) is 11.3. The Bertz CT molecular complexity index is 1260. The molecule has 0 amide bonds. The molecule has 0 aliphatic rings. The number of hydrogen-bond donors (Lipinski definition) is 1. The van der Waals surface area contributed by atoms with E-state index >= 15 is 0 Å². The molecule has 0 saturated heterocycles. The fraction of sp³-hybridized carbons (Fsp3) is 0.0556. The van der Waals surface area contributed by atoms with Gasteiger partial charge in [-0.2, -0.15) is 4.98 Å². The molecule has 2 aromatic carbocycles. The molecule has 3 aromatic heterocycles. The number of aromatic nitrogens is 4. The highest BCUT2D eigenvalue weighted by Crippen LogP contribution is 2.31. The van der Waals surface area contributed by atoms with Gasteiger partial charge in [-0.15, -0.1) is 16.4 Å². The Kier molecular flexibility index (Phi) is 3.96. The van der Waals surface area contributed by atoms with Crippen LogP contribution in [0.15, 0.2) is 47.8 Å². The second-order valence-corrected chi connectivity index (χ2v) is 8.04. The topological polar surface area (TPSA) is 64.3 Å². The minimum atomic E-state index is 0.516. The van der Waals surface area contributed by atoms with Crippen molar-refractivity contribution in [3.63, 3.8) is 0 Å². The Hall–Kier alpha value is -2.68. The van der Waals surface area contributed by atoms with Gasteiger partial charge in [0.05, 0.1) is 23.0 Å². The molecule has 3 heterocycles. The van der Waals surface area contributed by atoms with Crippen LogP contribution in [0.2, 0.25) is 5.02 Å². The van der Waals surface area contributed by atoms with Gasteiger partial charge < -0.3 is 4.74 Å². The van der Waals surface area contributed by atoms with Crippen LogP contribution in [-0.4, -0.2) is 26.7 Å². The molecule has 0 fully saturated rings. The summed E-state index contributed by atoms with van der Waals surface area (Å²) in [4.78, 5) is 9.92. The maximum Gasteiger partial charge on any atom is 0.250 e. The number of hydrogen-bond acceptors (Lipinski definition) is 7. The van der Waals surface area contributed by atoms with Crippen LogP contribution in [0.25, 0.3) is 26.4 Å². The average molecular weight is 414 g/mol. The summed E-state index contributed by atoms with van der Waals surface area (Å²) in [5.74, 6) is 1.34. The maximum atomic E-state index is 6.05. The molecule has 0 unspecified atom stereocenters. The number of halogens is 1. The van der Waals surface area contributed by atoms with Gasteiger partial charge in [0.2, 0.25) is 10.9 Å². The SMILES string of the molecule is COc1ccc(-c2csc3nc(Nc4nc5ccc(Cl)cc5s4)nn23)cc1. The van der Waals surface area contributed by atoms with E-state index in [1.165, 1.54) is 11.3 Å². The first-order valence-electron chi connectivity index (χ1n) is 8.01. The summed E-state index contributed by atoms with van der Waals surface area (Å²) < 4.78 is 8.07. The Morgan fingerprint density at radius 1 is 1.11 bits per heavy atom. The van der Waals surface area contributed by atoms with Crippen LogP contribution < -0.4 is 10.1 Å². The number of nitrogens with one attached hydrogen (secondary N) is 1. The lowest BCUT2D eigenvalue weighted by molar-refractivity contribution is 0.415. The van der Waals surface area contributed by atoms with Crippen LogP contribution in [-0.2, 0) is 0 Å². The maximum absolute atomic E-state index is 6.05. The molecule has 9 heteroatoms. The van der Waals surface area contributed by atoms with Crippen molar-refractivity contribution in [2.75, 3.05) is 12.4 Å². The number of thiazole rings is 2. The largest absolute Gasteiger partial charge is 0.497 e. The molecule has 0 aliphatic heterocycles. The van der Waals surface area contributed by atoms with Gasteiger partial charge in [-0.05, 0) is 42.5 Å². The second kappa shape index (κ2) is 6.49.